The molecule has 2 aliphatic heterocycles. The number of aryl methyl sites for hydroxylation is 1. The molecule has 6 rings (SSSR count). The molecule has 0 radical (unpaired) electrons. The van der Waals surface area contributed by atoms with Crippen LogP contribution in [0.4, 0.5) is 5.69 Å². The Morgan fingerprint density at radius 1 is 0.980 bits per heavy atom. The van der Waals surface area contributed by atoms with Crippen molar-refractivity contribution in [2.75, 3.05) is 38.2 Å². The number of aliphatic carboxylic acids is 1. The van der Waals surface area contributed by atoms with Crippen molar-refractivity contribution in [2.24, 2.45) is 11.8 Å². The van der Waals surface area contributed by atoms with Crippen LogP contribution < -0.4 is 9.64 Å². The number of Topliss-reactive ketones (excluding diaryl/α,β-unsaturated/α-hetero) is 1. The Bertz CT molecular complexity index is 1830. The number of thiophene rings is 1. The van der Waals surface area contributed by atoms with Crippen molar-refractivity contribution >= 4 is 34.7 Å². The van der Waals surface area contributed by atoms with E-state index >= 15 is 0 Å². The summed E-state index contributed by atoms with van der Waals surface area (Å²) in [7, 11) is 1.70. The van der Waals surface area contributed by atoms with Gasteiger partial charge >= 0.3 is 5.97 Å². The number of carboxylic acid groups (broad SMARTS) is 1. The van der Waals surface area contributed by atoms with Gasteiger partial charge in [-0.1, -0.05) is 51.1 Å². The number of carboxylic acids is 1. The highest BCUT2D eigenvalue weighted by molar-refractivity contribution is 7.14. The number of hydrogen-bond donors (Lipinski definition) is 1. The Labute approximate surface area is 298 Å². The van der Waals surface area contributed by atoms with Crippen LogP contribution in [0.3, 0.4) is 0 Å². The molecular weight excluding hydrogens is 649 g/mol. The van der Waals surface area contributed by atoms with Crippen LogP contribution in [0.25, 0.3) is 11.4 Å². The lowest BCUT2D eigenvalue weighted by Crippen LogP contribution is -2.55. The van der Waals surface area contributed by atoms with E-state index in [1.54, 1.807) is 12.0 Å². The van der Waals surface area contributed by atoms with Crippen molar-refractivity contribution < 1.29 is 24.2 Å². The molecule has 0 spiro atoms. The highest BCUT2D eigenvalue weighted by Gasteiger charge is 2.39. The molecule has 0 aliphatic carbocycles. The molecule has 0 saturated carbocycles. The lowest BCUT2D eigenvalue weighted by atomic mass is 9.86. The van der Waals surface area contributed by atoms with Gasteiger partial charge in [-0.05, 0) is 78.5 Å². The first-order chi connectivity index (χ1) is 23.9. The molecule has 1 atom stereocenters. The highest BCUT2D eigenvalue weighted by Crippen LogP contribution is 2.34. The smallest absolute Gasteiger partial charge is 0.310 e. The Balaban J connectivity index is 1.09. The minimum Gasteiger partial charge on any atom is -0.497 e. The molecule has 1 N–H and O–H groups in total. The molecule has 1 unspecified atom stereocenters. The second kappa shape index (κ2) is 14.7. The average molecular weight is 695 g/mol. The van der Waals surface area contributed by atoms with Gasteiger partial charge in [-0.25, -0.2) is 9.97 Å². The van der Waals surface area contributed by atoms with Crippen molar-refractivity contribution in [1.29, 1.82) is 0 Å². The monoisotopic (exact) mass is 694 g/mol. The van der Waals surface area contributed by atoms with Gasteiger partial charge in [0, 0.05) is 49.0 Å². The summed E-state index contributed by atoms with van der Waals surface area (Å²) in [5.74, 6) is -0.234. The van der Waals surface area contributed by atoms with Gasteiger partial charge < -0.3 is 19.6 Å². The predicted molar refractivity (Wildman–Crippen MR) is 196 cm³/mol. The summed E-state index contributed by atoms with van der Waals surface area (Å²) in [5.41, 5.74) is 5.40. The largest absolute Gasteiger partial charge is 0.497 e. The summed E-state index contributed by atoms with van der Waals surface area (Å²) < 4.78 is 5.38. The van der Waals surface area contributed by atoms with E-state index in [-0.39, 0.29) is 36.6 Å². The van der Waals surface area contributed by atoms with Crippen LogP contribution in [0.15, 0.2) is 67.0 Å². The van der Waals surface area contributed by atoms with E-state index in [9.17, 15) is 19.5 Å². The zero-order valence-electron chi connectivity index (χ0n) is 29.5. The van der Waals surface area contributed by atoms with E-state index in [4.69, 9.17) is 4.74 Å². The second-order valence-corrected chi connectivity index (χ2v) is 15.8. The van der Waals surface area contributed by atoms with Gasteiger partial charge in [0.25, 0.3) is 0 Å². The molecule has 9 nitrogen and oxygen atoms in total. The molecular formula is C40H46N4O5S. The van der Waals surface area contributed by atoms with Crippen LogP contribution in [0, 0.1) is 18.8 Å². The first-order valence-corrected chi connectivity index (χ1v) is 18.2. The van der Waals surface area contributed by atoms with E-state index in [0.29, 0.717) is 23.0 Å². The third-order valence-electron chi connectivity index (χ3n) is 10.1. The Morgan fingerprint density at radius 2 is 1.66 bits per heavy atom. The molecule has 2 saturated heterocycles. The standard InChI is InChI=1S/C40H46N4O5S/c1-25-18-32(49-5)10-11-33(25)27-14-16-43(17-15-27)31-21-41-37(42-22-31)28-8-6-26(7-9-28)19-29(38(46)44-23-30(24-44)39(47)48)20-34(45)35-12-13-36(50-35)40(2,3)4/h6-13,18,21-22,27,29-30H,14-17,19-20,23-24H2,1-5H3,(H,47,48). The van der Waals surface area contributed by atoms with Crippen LogP contribution in [0.5, 0.6) is 5.75 Å². The number of likely N-dealkylation sites (tertiary alicyclic amines) is 1. The lowest BCUT2D eigenvalue weighted by molar-refractivity contribution is -0.154. The number of hydrogen-bond acceptors (Lipinski definition) is 8. The van der Waals surface area contributed by atoms with Crippen LogP contribution in [-0.4, -0.2) is 70.9 Å². The van der Waals surface area contributed by atoms with Crippen LogP contribution >= 0.6 is 11.3 Å². The molecule has 1 amide bonds. The predicted octanol–water partition coefficient (Wildman–Crippen LogP) is 7.18. The number of ketones is 1. The lowest BCUT2D eigenvalue weighted by Gasteiger charge is -2.38. The summed E-state index contributed by atoms with van der Waals surface area (Å²) in [5, 5.41) is 9.33. The van der Waals surface area contributed by atoms with Gasteiger partial charge in [0.15, 0.2) is 11.6 Å². The minimum atomic E-state index is -0.898. The summed E-state index contributed by atoms with van der Waals surface area (Å²) >= 11 is 1.48. The maximum Gasteiger partial charge on any atom is 0.310 e. The summed E-state index contributed by atoms with van der Waals surface area (Å²) in [6.07, 6.45) is 6.36. The van der Waals surface area contributed by atoms with Gasteiger partial charge in [0.2, 0.25) is 5.91 Å². The molecule has 0 bridgehead atoms. The number of carbonyl (C=O) groups excluding carboxylic acids is 2. The fourth-order valence-corrected chi connectivity index (χ4v) is 7.94. The maximum atomic E-state index is 13.6. The molecule has 50 heavy (non-hydrogen) atoms. The fraction of sp³-hybridized carbons (Fsp3) is 0.425. The Morgan fingerprint density at radius 3 is 2.24 bits per heavy atom. The third-order valence-corrected chi connectivity index (χ3v) is 11.6. The molecule has 2 aromatic carbocycles. The summed E-state index contributed by atoms with van der Waals surface area (Å²) in [6.45, 7) is 10.7. The van der Waals surface area contributed by atoms with E-state index < -0.39 is 17.8 Å². The molecule has 2 aliphatic rings. The number of rotatable bonds is 11. The molecule has 2 aromatic heterocycles. The number of carbonyl (C=O) groups is 3. The SMILES string of the molecule is COc1ccc(C2CCN(c3cnc(-c4ccc(CC(CC(=O)c5ccc(C(C)(C)C)s5)C(=O)N5CC(C(=O)O)C5)cc4)nc3)CC2)c(C)c1. The normalized spacial score (nSPS) is 16.2. The average Bonchev–Trinajstić information content (AvgIpc) is 3.60. The number of nitrogens with zero attached hydrogens (tertiary/aromatic N) is 4. The Kier molecular flexibility index (Phi) is 10.4. The van der Waals surface area contributed by atoms with Gasteiger partial charge in [-0.3, -0.25) is 14.4 Å². The fourth-order valence-electron chi connectivity index (χ4n) is 6.92. The molecule has 4 aromatic rings. The van der Waals surface area contributed by atoms with Crippen molar-refractivity contribution in [3.05, 3.63) is 93.4 Å². The second-order valence-electron chi connectivity index (χ2n) is 14.7. The van der Waals surface area contributed by atoms with E-state index in [0.717, 1.165) is 53.4 Å². The van der Waals surface area contributed by atoms with Crippen molar-refractivity contribution in [2.45, 2.75) is 64.7 Å². The van der Waals surface area contributed by atoms with E-state index in [1.807, 2.05) is 54.9 Å². The first kappa shape index (κ1) is 35.3. The summed E-state index contributed by atoms with van der Waals surface area (Å²) in [4.78, 5) is 53.4. The zero-order chi connectivity index (χ0) is 35.6. The number of aromatic nitrogens is 2. The van der Waals surface area contributed by atoms with Crippen LogP contribution in [-0.2, 0) is 21.4 Å². The minimum absolute atomic E-state index is 0.0654. The van der Waals surface area contributed by atoms with Gasteiger partial charge in [0.1, 0.15) is 5.75 Å². The van der Waals surface area contributed by atoms with E-state index in [2.05, 4.69) is 54.7 Å². The molecule has 4 heterocycles. The number of piperidine rings is 1. The molecule has 262 valence electrons. The number of methoxy groups -OCH3 is 1. The van der Waals surface area contributed by atoms with E-state index in [1.165, 1.54) is 22.5 Å². The van der Waals surface area contributed by atoms with Crippen molar-refractivity contribution in [3.63, 3.8) is 0 Å². The number of anilines is 1. The van der Waals surface area contributed by atoms with Crippen LogP contribution in [0.2, 0.25) is 0 Å². The highest BCUT2D eigenvalue weighted by atomic mass is 32.1. The molecule has 10 heteroatoms. The van der Waals surface area contributed by atoms with Gasteiger partial charge in [0.05, 0.1) is 36.0 Å². The van der Waals surface area contributed by atoms with Crippen molar-refractivity contribution in [1.82, 2.24) is 14.9 Å². The maximum absolute atomic E-state index is 13.6. The number of amides is 1. The first-order valence-electron chi connectivity index (χ1n) is 17.4. The zero-order valence-corrected chi connectivity index (χ0v) is 30.3. The number of benzene rings is 2. The van der Waals surface area contributed by atoms with Gasteiger partial charge in [-0.15, -0.1) is 11.3 Å². The number of ether oxygens (including phenoxy) is 1. The summed E-state index contributed by atoms with van der Waals surface area (Å²) in [6, 6.07) is 18.0. The third kappa shape index (κ3) is 7.91. The molecule has 2 fully saturated rings. The quantitative estimate of drug-likeness (QED) is 0.164. The van der Waals surface area contributed by atoms with Gasteiger partial charge in [-0.2, -0.15) is 0 Å². The van der Waals surface area contributed by atoms with Crippen LogP contribution in [0.1, 0.15) is 77.2 Å². The Hall–Kier alpha value is -4.57. The topological polar surface area (TPSA) is 113 Å². The van der Waals surface area contributed by atoms with Crippen molar-refractivity contribution in [3.8, 4) is 17.1 Å².